The van der Waals surface area contributed by atoms with Crippen LogP contribution in [0.5, 0.6) is 5.75 Å². The number of anilines is 2. The summed E-state index contributed by atoms with van der Waals surface area (Å²) < 4.78 is 0. The highest BCUT2D eigenvalue weighted by atomic mass is 16.3. The number of ketones is 2. The van der Waals surface area contributed by atoms with Crippen LogP contribution in [0.1, 0.15) is 43.1 Å². The number of hydrogen-bond acceptors (Lipinski definition) is 8. The van der Waals surface area contributed by atoms with Crippen molar-refractivity contribution < 1.29 is 29.7 Å². The molecule has 0 spiro atoms. The summed E-state index contributed by atoms with van der Waals surface area (Å²) in [4.78, 5) is 41.4. The highest BCUT2D eigenvalue weighted by molar-refractivity contribution is 6.22. The molecule has 0 heterocycles. The van der Waals surface area contributed by atoms with E-state index in [0.29, 0.717) is 17.8 Å². The van der Waals surface area contributed by atoms with E-state index in [1.165, 1.54) is 0 Å². The summed E-state index contributed by atoms with van der Waals surface area (Å²) in [5.41, 5.74) is 4.86. The maximum atomic E-state index is 14.2. The number of nitrogens with two attached hydrogens (primary N) is 1. The van der Waals surface area contributed by atoms with Crippen molar-refractivity contribution >= 4 is 34.8 Å². The molecule has 11 heteroatoms. The van der Waals surface area contributed by atoms with Crippen molar-refractivity contribution in [2.45, 2.75) is 33.6 Å². The maximum Gasteiger partial charge on any atom is 0.255 e. The van der Waals surface area contributed by atoms with Crippen LogP contribution in [0, 0.1) is 34.5 Å². The van der Waals surface area contributed by atoms with E-state index >= 15 is 0 Å². The molecule has 1 unspecified atom stereocenters. The molecule has 0 aliphatic heterocycles. The number of nitrogens with one attached hydrogen (secondary N) is 3. The third-order valence-corrected chi connectivity index (χ3v) is 8.33. The minimum atomic E-state index is -1.26. The number of nitrogens with zero attached hydrogens (tertiary/aromatic N) is 1. The Morgan fingerprint density at radius 3 is 2.48 bits per heavy atom. The number of aliphatic hydroxyl groups is 2. The number of rotatable bonds is 6. The molecule has 1 aromatic carbocycles. The number of allylic oxidation sites excluding steroid dienone is 4. The van der Waals surface area contributed by atoms with Gasteiger partial charge in [-0.25, -0.2) is 0 Å². The van der Waals surface area contributed by atoms with Crippen LogP contribution in [-0.2, 0) is 16.0 Å². The molecule has 3 aliphatic carbocycles. The molecular formula is C29H37N5O6. The highest BCUT2D eigenvalue weighted by Crippen LogP contribution is 2.58. The van der Waals surface area contributed by atoms with Crippen molar-refractivity contribution in [3.8, 4) is 5.75 Å². The van der Waals surface area contributed by atoms with Gasteiger partial charge in [-0.2, -0.15) is 0 Å². The van der Waals surface area contributed by atoms with Gasteiger partial charge in [0.05, 0.1) is 17.2 Å². The number of carbonyl (C=O) groups is 3. The van der Waals surface area contributed by atoms with Crippen molar-refractivity contribution in [1.82, 2.24) is 5.32 Å². The van der Waals surface area contributed by atoms with E-state index in [4.69, 9.17) is 11.1 Å². The minimum Gasteiger partial charge on any atom is -0.511 e. The number of benzene rings is 1. The summed E-state index contributed by atoms with van der Waals surface area (Å²) >= 11 is 0. The van der Waals surface area contributed by atoms with E-state index in [1.54, 1.807) is 38.1 Å². The number of guanidine groups is 1. The number of phenolic OH excluding ortho intramolecular Hbond substituents is 1. The van der Waals surface area contributed by atoms with E-state index in [9.17, 15) is 29.7 Å². The zero-order valence-electron chi connectivity index (χ0n) is 23.4. The van der Waals surface area contributed by atoms with E-state index in [0.717, 1.165) is 0 Å². The molecule has 0 aromatic heterocycles. The fourth-order valence-corrected chi connectivity index (χ4v) is 6.30. The van der Waals surface area contributed by atoms with E-state index < -0.39 is 57.7 Å². The number of hydrogen-bond donors (Lipinski definition) is 7. The number of carbonyl (C=O) groups excluding carboxylic acids is 3. The van der Waals surface area contributed by atoms with E-state index in [-0.39, 0.29) is 47.3 Å². The average molecular weight is 552 g/mol. The molecular weight excluding hydrogens is 514 g/mol. The molecule has 11 nitrogen and oxygen atoms in total. The second-order valence-corrected chi connectivity index (χ2v) is 11.6. The first kappa shape index (κ1) is 28.7. The Kier molecular flexibility index (Phi) is 7.21. The van der Waals surface area contributed by atoms with Gasteiger partial charge < -0.3 is 36.6 Å². The van der Waals surface area contributed by atoms with Gasteiger partial charge in [-0.3, -0.25) is 19.8 Å². The van der Waals surface area contributed by atoms with E-state index in [2.05, 4.69) is 17.2 Å². The standard InChI is InChI=1S/C29H37N5O6/c1-7-29-9-14-13(4)22(35)20(27(30)40)24(37)18(14)25(38)21(29)26(39)19-15(10-29)17(34(5)6)8-16(23(19)36)33-28(31)32-11-12(2)3/h7-8,12-14,18,35-36,38H,1,9-11H2,2-6H3,(H2,30,40)(H3,31,32,33)/t13-,14-,18?,29+/m0/s1. The molecule has 214 valence electrons. The second-order valence-electron chi connectivity index (χ2n) is 11.6. The summed E-state index contributed by atoms with van der Waals surface area (Å²) in [6.45, 7) is 10.1. The lowest BCUT2D eigenvalue weighted by Crippen LogP contribution is -2.50. The molecule has 1 amide bonds. The maximum absolute atomic E-state index is 14.2. The van der Waals surface area contributed by atoms with Gasteiger partial charge >= 0.3 is 0 Å². The molecule has 0 saturated heterocycles. The third kappa shape index (κ3) is 4.29. The number of Topliss-reactive ketones (excluding diaryl/α,β-unsaturated/α-hetero) is 2. The van der Waals surface area contributed by atoms with Crippen LogP contribution in [0.15, 0.2) is 41.4 Å². The van der Waals surface area contributed by atoms with Crippen LogP contribution in [0.25, 0.3) is 0 Å². The van der Waals surface area contributed by atoms with Gasteiger partial charge in [0.2, 0.25) is 0 Å². The number of amides is 1. The second kappa shape index (κ2) is 10.0. The molecule has 4 atom stereocenters. The molecule has 3 aliphatic rings. The molecule has 0 fully saturated rings. The Bertz CT molecular complexity index is 1410. The summed E-state index contributed by atoms with van der Waals surface area (Å²) in [5.74, 6) is -6.32. The molecule has 1 aromatic rings. The van der Waals surface area contributed by atoms with Crippen LogP contribution >= 0.6 is 0 Å². The SMILES string of the molecule is C=C[C@@]12Cc3c(N(C)C)cc(NC(=N)NCC(C)C)c(O)c3C(=O)C1=C(O)C1C(=O)C(C(N)=O)=C(O)[C@@H](C)[C@@H]1C2. The van der Waals surface area contributed by atoms with E-state index in [1.807, 2.05) is 13.8 Å². The Hall–Kier alpha value is -4.28. The number of primary amides is 1. The summed E-state index contributed by atoms with van der Waals surface area (Å²) in [7, 11) is 3.58. The summed E-state index contributed by atoms with van der Waals surface area (Å²) in [6.07, 6.45) is 1.94. The molecule has 0 saturated carbocycles. The lowest BCUT2D eigenvalue weighted by atomic mass is 9.53. The van der Waals surface area contributed by atoms with Crippen LogP contribution in [0.2, 0.25) is 0 Å². The minimum absolute atomic E-state index is 0.0485. The van der Waals surface area contributed by atoms with Crippen LogP contribution in [-0.4, -0.2) is 59.4 Å². The zero-order chi connectivity index (χ0) is 29.8. The smallest absolute Gasteiger partial charge is 0.255 e. The first-order valence-electron chi connectivity index (χ1n) is 13.2. The van der Waals surface area contributed by atoms with Crippen molar-refractivity contribution in [3.05, 3.63) is 52.5 Å². The van der Waals surface area contributed by atoms with Crippen molar-refractivity contribution in [1.29, 1.82) is 5.41 Å². The molecule has 0 bridgehead atoms. The van der Waals surface area contributed by atoms with Gasteiger partial charge in [0.1, 0.15) is 17.1 Å². The predicted molar refractivity (Wildman–Crippen MR) is 152 cm³/mol. The Morgan fingerprint density at radius 2 is 1.93 bits per heavy atom. The Morgan fingerprint density at radius 1 is 1.27 bits per heavy atom. The lowest BCUT2D eigenvalue weighted by molar-refractivity contribution is -0.127. The first-order valence-corrected chi connectivity index (χ1v) is 13.2. The van der Waals surface area contributed by atoms with Crippen molar-refractivity contribution in [2.24, 2.45) is 34.8 Å². The highest BCUT2D eigenvalue weighted by Gasteiger charge is 2.57. The van der Waals surface area contributed by atoms with Crippen LogP contribution < -0.4 is 21.3 Å². The number of aromatic hydroxyl groups is 1. The van der Waals surface area contributed by atoms with Crippen molar-refractivity contribution in [2.75, 3.05) is 30.9 Å². The van der Waals surface area contributed by atoms with Gasteiger partial charge in [-0.15, -0.1) is 6.58 Å². The van der Waals surface area contributed by atoms with Gasteiger partial charge in [0.25, 0.3) is 5.91 Å². The third-order valence-electron chi connectivity index (χ3n) is 8.33. The number of phenols is 1. The number of fused-ring (bicyclic) bond motifs is 3. The Labute approximate surface area is 232 Å². The number of aliphatic hydroxyl groups excluding tert-OH is 2. The fourth-order valence-electron chi connectivity index (χ4n) is 6.30. The quantitative estimate of drug-likeness (QED) is 0.0916. The predicted octanol–water partition coefficient (Wildman–Crippen LogP) is 2.93. The lowest BCUT2D eigenvalue weighted by Gasteiger charge is -2.49. The normalized spacial score (nSPS) is 25.7. The van der Waals surface area contributed by atoms with Crippen molar-refractivity contribution in [3.63, 3.8) is 0 Å². The average Bonchev–Trinajstić information content (AvgIpc) is 2.86. The summed E-state index contributed by atoms with van der Waals surface area (Å²) in [5, 5.41) is 47.6. The molecule has 0 radical (unpaired) electrons. The van der Waals surface area contributed by atoms with Gasteiger partial charge in [0.15, 0.2) is 23.3 Å². The van der Waals surface area contributed by atoms with Gasteiger partial charge in [0, 0.05) is 43.2 Å². The first-order chi connectivity index (χ1) is 18.7. The largest absolute Gasteiger partial charge is 0.511 e. The zero-order valence-corrected chi connectivity index (χ0v) is 23.4. The topological polar surface area (TPSA) is 189 Å². The summed E-state index contributed by atoms with van der Waals surface area (Å²) in [6, 6.07) is 1.66. The fraction of sp³-hybridized carbons (Fsp3) is 0.448. The Balaban J connectivity index is 1.91. The molecule has 8 N–H and O–H groups in total. The van der Waals surface area contributed by atoms with Gasteiger partial charge in [-0.05, 0) is 36.3 Å². The molecule has 40 heavy (non-hydrogen) atoms. The van der Waals surface area contributed by atoms with Crippen LogP contribution in [0.4, 0.5) is 11.4 Å². The monoisotopic (exact) mass is 551 g/mol. The molecule has 4 rings (SSSR count). The van der Waals surface area contributed by atoms with Crippen LogP contribution in [0.3, 0.4) is 0 Å². The van der Waals surface area contributed by atoms with Gasteiger partial charge in [-0.1, -0.05) is 26.8 Å².